The Kier molecular flexibility index (Phi) is 6.79. The lowest BCUT2D eigenvalue weighted by Crippen LogP contribution is -2.48. The standard InChI is InChI=1S/C28H27FN2O2S/c29-25-14-8-7-13-24(25)28-16-15-23(33-18-20-9-3-1-4-10-20)17-22(28)19-34-27(31-28)30-26(32)21-11-5-2-6-12-21/h1-14,22-23H,15-19H2,(H,30,31,32)/t22-,23?,28-/m0/s1. The van der Waals surface area contributed by atoms with Gasteiger partial charge in [0.25, 0.3) is 5.91 Å². The Labute approximate surface area is 203 Å². The Balaban J connectivity index is 1.38. The van der Waals surface area contributed by atoms with Crippen molar-refractivity contribution in [3.63, 3.8) is 0 Å². The van der Waals surface area contributed by atoms with E-state index in [9.17, 15) is 4.79 Å². The largest absolute Gasteiger partial charge is 0.374 e. The lowest BCUT2D eigenvalue weighted by molar-refractivity contribution is -0.0169. The number of hydrogen-bond acceptors (Lipinski definition) is 4. The van der Waals surface area contributed by atoms with Crippen LogP contribution >= 0.6 is 11.8 Å². The van der Waals surface area contributed by atoms with Crippen LogP contribution in [0, 0.1) is 11.7 Å². The van der Waals surface area contributed by atoms with Gasteiger partial charge in [0, 0.05) is 22.8 Å². The molecule has 0 saturated heterocycles. The summed E-state index contributed by atoms with van der Waals surface area (Å²) in [7, 11) is 0. The fourth-order valence-electron chi connectivity index (χ4n) is 4.95. The molecule has 3 aromatic carbocycles. The van der Waals surface area contributed by atoms with Gasteiger partial charge >= 0.3 is 0 Å². The third-order valence-corrected chi connectivity index (χ3v) is 7.75. The molecule has 174 valence electrons. The van der Waals surface area contributed by atoms with Crippen LogP contribution in [0.1, 0.15) is 40.7 Å². The van der Waals surface area contributed by atoms with E-state index in [1.807, 2.05) is 48.5 Å². The van der Waals surface area contributed by atoms with E-state index >= 15 is 4.39 Å². The van der Waals surface area contributed by atoms with Gasteiger partial charge < -0.3 is 10.1 Å². The highest BCUT2D eigenvalue weighted by Gasteiger charge is 2.49. The molecule has 4 nitrogen and oxygen atoms in total. The summed E-state index contributed by atoms with van der Waals surface area (Å²) >= 11 is 1.53. The minimum absolute atomic E-state index is 0.0985. The van der Waals surface area contributed by atoms with Crippen molar-refractivity contribution >= 4 is 22.8 Å². The molecular weight excluding hydrogens is 447 g/mol. The molecule has 3 atom stereocenters. The number of nitrogens with zero attached hydrogens (tertiary/aromatic N) is 1. The van der Waals surface area contributed by atoms with E-state index in [0.717, 1.165) is 24.2 Å². The van der Waals surface area contributed by atoms with Crippen LogP contribution in [0.15, 0.2) is 89.9 Å². The SMILES string of the molecule is O=C(NC1=N[C@@]2(c3ccccc3F)CCC(OCc3ccccc3)C[C@H]2CS1)c1ccccc1. The van der Waals surface area contributed by atoms with Crippen molar-refractivity contribution in [2.24, 2.45) is 10.9 Å². The summed E-state index contributed by atoms with van der Waals surface area (Å²) in [5.74, 6) is 0.406. The van der Waals surface area contributed by atoms with E-state index in [-0.39, 0.29) is 23.7 Å². The van der Waals surface area contributed by atoms with Crippen molar-refractivity contribution in [2.45, 2.75) is 37.5 Å². The second kappa shape index (κ2) is 10.1. The number of aliphatic imine (C=N–C) groups is 1. The van der Waals surface area contributed by atoms with Crippen LogP contribution < -0.4 is 5.32 Å². The molecule has 1 amide bonds. The Bertz CT molecular complexity index is 1170. The minimum atomic E-state index is -0.706. The molecule has 1 aliphatic heterocycles. The van der Waals surface area contributed by atoms with E-state index in [1.54, 1.807) is 18.2 Å². The predicted octanol–water partition coefficient (Wildman–Crippen LogP) is 5.94. The molecule has 6 heteroatoms. The molecular formula is C28H27FN2O2S. The van der Waals surface area contributed by atoms with E-state index in [1.165, 1.54) is 17.8 Å². The van der Waals surface area contributed by atoms with Crippen molar-refractivity contribution in [2.75, 3.05) is 5.75 Å². The molecule has 1 heterocycles. The summed E-state index contributed by atoms with van der Waals surface area (Å²) in [5.41, 5.74) is 1.62. The number of nitrogens with one attached hydrogen (secondary N) is 1. The number of ether oxygens (including phenoxy) is 1. The first kappa shape index (κ1) is 22.8. The summed E-state index contributed by atoms with van der Waals surface area (Å²) in [6.45, 7) is 0.569. The fraction of sp³-hybridized carbons (Fsp3) is 0.286. The molecule has 3 aromatic rings. The smallest absolute Gasteiger partial charge is 0.257 e. The number of fused-ring (bicyclic) bond motifs is 1. The Morgan fingerprint density at radius 1 is 1.03 bits per heavy atom. The molecule has 1 N–H and O–H groups in total. The van der Waals surface area contributed by atoms with Gasteiger partial charge in [0.1, 0.15) is 5.82 Å². The minimum Gasteiger partial charge on any atom is -0.374 e. The monoisotopic (exact) mass is 474 g/mol. The molecule has 0 bridgehead atoms. The molecule has 5 rings (SSSR count). The van der Waals surface area contributed by atoms with Crippen LogP contribution in [0.5, 0.6) is 0 Å². The van der Waals surface area contributed by atoms with Crippen molar-refractivity contribution in [1.29, 1.82) is 0 Å². The van der Waals surface area contributed by atoms with Gasteiger partial charge in [-0.1, -0.05) is 78.5 Å². The van der Waals surface area contributed by atoms with Crippen LogP contribution in [-0.4, -0.2) is 22.9 Å². The van der Waals surface area contributed by atoms with Crippen LogP contribution in [0.2, 0.25) is 0 Å². The molecule has 2 aliphatic rings. The van der Waals surface area contributed by atoms with Crippen molar-refractivity contribution in [1.82, 2.24) is 5.32 Å². The molecule has 1 unspecified atom stereocenters. The number of thioether (sulfide) groups is 1. The third kappa shape index (κ3) is 4.79. The maximum Gasteiger partial charge on any atom is 0.257 e. The number of rotatable bonds is 5. The molecule has 0 spiro atoms. The number of amidine groups is 1. The lowest BCUT2D eigenvalue weighted by Gasteiger charge is -2.46. The first-order valence-corrected chi connectivity index (χ1v) is 12.6. The molecule has 1 aliphatic carbocycles. The zero-order valence-corrected chi connectivity index (χ0v) is 19.6. The number of carbonyl (C=O) groups is 1. The van der Waals surface area contributed by atoms with Crippen LogP contribution in [-0.2, 0) is 16.9 Å². The third-order valence-electron chi connectivity index (χ3n) is 6.72. The van der Waals surface area contributed by atoms with E-state index in [0.29, 0.717) is 29.3 Å². The highest BCUT2D eigenvalue weighted by atomic mass is 32.2. The number of amides is 1. The highest BCUT2D eigenvalue weighted by molar-refractivity contribution is 8.13. The van der Waals surface area contributed by atoms with Gasteiger partial charge in [0.2, 0.25) is 0 Å². The summed E-state index contributed by atoms with van der Waals surface area (Å²) < 4.78 is 21.3. The average molecular weight is 475 g/mol. The molecule has 34 heavy (non-hydrogen) atoms. The average Bonchev–Trinajstić information content (AvgIpc) is 2.88. The normalized spacial score (nSPS) is 24.1. The number of hydrogen-bond donors (Lipinski definition) is 1. The Morgan fingerprint density at radius 2 is 1.74 bits per heavy atom. The van der Waals surface area contributed by atoms with Crippen LogP contribution in [0.25, 0.3) is 0 Å². The van der Waals surface area contributed by atoms with Gasteiger partial charge in [0.05, 0.1) is 18.2 Å². The van der Waals surface area contributed by atoms with E-state index in [2.05, 4.69) is 17.4 Å². The van der Waals surface area contributed by atoms with E-state index < -0.39 is 5.54 Å². The summed E-state index contributed by atoms with van der Waals surface area (Å²) in [5, 5.41) is 3.51. The maximum atomic E-state index is 15.1. The first-order valence-electron chi connectivity index (χ1n) is 11.6. The molecule has 0 radical (unpaired) electrons. The van der Waals surface area contributed by atoms with Gasteiger partial charge in [-0.25, -0.2) is 4.39 Å². The zero-order chi connectivity index (χ0) is 23.4. The second-order valence-corrected chi connectivity index (χ2v) is 9.85. The topological polar surface area (TPSA) is 50.7 Å². The number of benzene rings is 3. The quantitative estimate of drug-likeness (QED) is 0.498. The summed E-state index contributed by atoms with van der Waals surface area (Å²) in [4.78, 5) is 17.8. The van der Waals surface area contributed by atoms with Gasteiger partial charge in [-0.3, -0.25) is 9.79 Å². The van der Waals surface area contributed by atoms with Crippen molar-refractivity contribution in [3.8, 4) is 0 Å². The van der Waals surface area contributed by atoms with E-state index in [4.69, 9.17) is 9.73 Å². The number of halogens is 1. The zero-order valence-electron chi connectivity index (χ0n) is 18.8. The Hall–Kier alpha value is -2.96. The lowest BCUT2D eigenvalue weighted by atomic mass is 9.68. The molecule has 1 saturated carbocycles. The van der Waals surface area contributed by atoms with Gasteiger partial charge in [-0.2, -0.15) is 0 Å². The van der Waals surface area contributed by atoms with Crippen LogP contribution in [0.4, 0.5) is 4.39 Å². The highest BCUT2D eigenvalue weighted by Crippen LogP contribution is 2.50. The summed E-state index contributed by atoms with van der Waals surface area (Å²) in [6, 6.07) is 26.1. The predicted molar refractivity (Wildman–Crippen MR) is 134 cm³/mol. The summed E-state index contributed by atoms with van der Waals surface area (Å²) in [6.07, 6.45) is 2.36. The first-order chi connectivity index (χ1) is 16.6. The van der Waals surface area contributed by atoms with Crippen molar-refractivity contribution in [3.05, 3.63) is 107 Å². The van der Waals surface area contributed by atoms with Gasteiger partial charge in [-0.05, 0) is 43.0 Å². The van der Waals surface area contributed by atoms with Crippen molar-refractivity contribution < 1.29 is 13.9 Å². The maximum absolute atomic E-state index is 15.1. The molecule has 0 aromatic heterocycles. The fourth-order valence-corrected chi connectivity index (χ4v) is 6.11. The van der Waals surface area contributed by atoms with Crippen LogP contribution in [0.3, 0.4) is 0 Å². The molecule has 1 fully saturated rings. The Morgan fingerprint density at radius 3 is 2.50 bits per heavy atom. The number of carbonyl (C=O) groups excluding carboxylic acids is 1. The second-order valence-electron chi connectivity index (χ2n) is 8.84. The van der Waals surface area contributed by atoms with Gasteiger partial charge in [-0.15, -0.1) is 0 Å². The van der Waals surface area contributed by atoms with Gasteiger partial charge in [0.15, 0.2) is 5.17 Å².